The summed E-state index contributed by atoms with van der Waals surface area (Å²) in [6, 6.07) is 3.43. The topological polar surface area (TPSA) is 161 Å². The number of aliphatic hydroxyl groups is 2. The minimum atomic E-state index is -4.43. The summed E-state index contributed by atoms with van der Waals surface area (Å²) in [6.07, 6.45) is -8.11. The van der Waals surface area contributed by atoms with Crippen LogP contribution in [-0.4, -0.2) is 86.3 Å². The first-order chi connectivity index (χ1) is 15.5. The fourth-order valence-corrected chi connectivity index (χ4v) is 4.60. The van der Waals surface area contributed by atoms with Crippen LogP contribution in [0.25, 0.3) is 11.0 Å². The third-order valence-electron chi connectivity index (χ3n) is 5.55. The van der Waals surface area contributed by atoms with Crippen molar-refractivity contribution in [1.82, 2.24) is 9.55 Å². The summed E-state index contributed by atoms with van der Waals surface area (Å²) in [5.74, 6) is 0. The van der Waals surface area contributed by atoms with Crippen LogP contribution in [0, 0.1) is 11.3 Å². The first-order valence-electron chi connectivity index (χ1n) is 9.79. The van der Waals surface area contributed by atoms with E-state index in [2.05, 4.69) is 4.98 Å². The minimum absolute atomic E-state index is 0.0557. The molecule has 2 aliphatic rings. The normalized spacial score (nSPS) is 30.3. The van der Waals surface area contributed by atoms with Crippen molar-refractivity contribution in [3.05, 3.63) is 23.0 Å². The number of pyridine rings is 1. The third-order valence-corrected chi connectivity index (χ3v) is 6.35. The van der Waals surface area contributed by atoms with Crippen LogP contribution in [0.2, 0.25) is 5.15 Å². The highest BCUT2D eigenvalue weighted by atomic mass is 35.5. The zero-order valence-electron chi connectivity index (χ0n) is 16.8. The highest BCUT2D eigenvalue weighted by Gasteiger charge is 2.45. The van der Waals surface area contributed by atoms with Crippen molar-refractivity contribution in [1.29, 1.82) is 5.26 Å². The predicted molar refractivity (Wildman–Crippen MR) is 110 cm³/mol. The quantitative estimate of drug-likeness (QED) is 0.325. The molecule has 0 radical (unpaired) electrons. The second-order valence-electron chi connectivity index (χ2n) is 7.85. The Labute approximate surface area is 190 Å². The standard InChI is InChI=1S/C18H20ClF2N4O7P/c19-16-9(3-22)13(24-4-10(20)11(21)5-24)8-1-2-25(17(8)23-16)18-15(27)14(26)12(32-18)6-31-7-33(28,29)30/h1-2,10-12,14-15,18,26-27H,4-7H2,(H2,28,29,30)/t10-,11-,12-,14-,15-,18-/m1/s1. The molecule has 4 heterocycles. The lowest BCUT2D eigenvalue weighted by molar-refractivity contribution is -0.0610. The maximum absolute atomic E-state index is 13.9. The van der Waals surface area contributed by atoms with Crippen molar-refractivity contribution in [3.8, 4) is 6.07 Å². The summed E-state index contributed by atoms with van der Waals surface area (Å²) in [6.45, 7) is -0.964. The molecule has 11 nitrogen and oxygen atoms in total. The van der Waals surface area contributed by atoms with Gasteiger partial charge >= 0.3 is 7.60 Å². The first kappa shape index (κ1) is 24.3. The lowest BCUT2D eigenvalue weighted by Crippen LogP contribution is -2.33. The van der Waals surface area contributed by atoms with Crippen LogP contribution in [-0.2, 0) is 14.0 Å². The van der Waals surface area contributed by atoms with Crippen LogP contribution in [0.15, 0.2) is 12.3 Å². The number of nitrogens with zero attached hydrogens (tertiary/aromatic N) is 4. The van der Waals surface area contributed by atoms with E-state index in [1.807, 2.05) is 6.07 Å². The number of fused-ring (bicyclic) bond motifs is 1. The van der Waals surface area contributed by atoms with Crippen LogP contribution in [0.5, 0.6) is 0 Å². The Balaban J connectivity index is 1.67. The lowest BCUT2D eigenvalue weighted by atomic mass is 10.1. The highest BCUT2D eigenvalue weighted by molar-refractivity contribution is 7.51. The number of hydrogen-bond donors (Lipinski definition) is 4. The highest BCUT2D eigenvalue weighted by Crippen LogP contribution is 2.40. The number of aromatic nitrogens is 2. The van der Waals surface area contributed by atoms with E-state index in [-0.39, 0.29) is 35.1 Å². The predicted octanol–water partition coefficient (Wildman–Crippen LogP) is 0.829. The molecule has 0 bridgehead atoms. The van der Waals surface area contributed by atoms with Crippen molar-refractivity contribution < 1.29 is 42.8 Å². The number of alkyl halides is 2. The van der Waals surface area contributed by atoms with Gasteiger partial charge < -0.3 is 38.9 Å². The van der Waals surface area contributed by atoms with Crippen LogP contribution < -0.4 is 4.90 Å². The van der Waals surface area contributed by atoms with E-state index in [9.17, 15) is 28.8 Å². The maximum atomic E-state index is 13.9. The molecule has 4 rings (SSSR count). The van der Waals surface area contributed by atoms with E-state index in [1.54, 1.807) is 0 Å². The number of aliphatic hydroxyl groups excluding tert-OH is 2. The van der Waals surface area contributed by atoms with E-state index < -0.39 is 57.4 Å². The van der Waals surface area contributed by atoms with Crippen LogP contribution in [0.3, 0.4) is 0 Å². The second-order valence-corrected chi connectivity index (χ2v) is 9.79. The Morgan fingerprint density at radius 3 is 2.58 bits per heavy atom. The second kappa shape index (κ2) is 9.05. The molecule has 33 heavy (non-hydrogen) atoms. The Kier molecular flexibility index (Phi) is 6.65. The summed E-state index contributed by atoms with van der Waals surface area (Å²) in [5, 5.41) is 30.5. The van der Waals surface area contributed by atoms with Crippen LogP contribution in [0.4, 0.5) is 14.5 Å². The Morgan fingerprint density at radius 2 is 1.97 bits per heavy atom. The van der Waals surface area contributed by atoms with Crippen molar-refractivity contribution in [2.75, 3.05) is 30.9 Å². The molecule has 0 amide bonds. The monoisotopic (exact) mass is 508 g/mol. The number of hydrogen-bond acceptors (Lipinski definition) is 8. The maximum Gasteiger partial charge on any atom is 0.350 e. The number of ether oxygens (including phenoxy) is 2. The van der Waals surface area contributed by atoms with Gasteiger partial charge in [0.25, 0.3) is 0 Å². The molecular weight excluding hydrogens is 489 g/mol. The molecule has 2 aromatic rings. The Bertz CT molecular complexity index is 1130. The average Bonchev–Trinajstić information content (AvgIpc) is 3.37. The lowest BCUT2D eigenvalue weighted by Gasteiger charge is -2.22. The van der Waals surface area contributed by atoms with Gasteiger partial charge in [-0.3, -0.25) is 4.57 Å². The van der Waals surface area contributed by atoms with Gasteiger partial charge in [0, 0.05) is 11.6 Å². The summed E-state index contributed by atoms with van der Waals surface area (Å²) >= 11 is 6.19. The van der Waals surface area contributed by atoms with E-state index >= 15 is 0 Å². The SMILES string of the molecule is N#Cc1c(Cl)nc2c(ccn2[C@@H]2O[C@H](COCP(=O)(O)O)[C@@H](O)[C@H]2O)c1N1C[C@@H](F)[C@H](F)C1. The van der Waals surface area contributed by atoms with Gasteiger partial charge in [0.1, 0.15) is 41.9 Å². The molecule has 0 aliphatic carbocycles. The molecule has 6 atom stereocenters. The molecule has 4 N–H and O–H groups in total. The zero-order chi connectivity index (χ0) is 24.1. The van der Waals surface area contributed by atoms with Gasteiger partial charge in [0.05, 0.1) is 25.4 Å². The molecule has 0 unspecified atom stereocenters. The Hall–Kier alpha value is -1.88. The number of anilines is 1. The number of halogens is 3. The molecule has 2 fully saturated rings. The number of rotatable bonds is 6. The summed E-state index contributed by atoms with van der Waals surface area (Å²) in [4.78, 5) is 23.3. The van der Waals surface area contributed by atoms with Gasteiger partial charge in [-0.05, 0) is 6.07 Å². The molecule has 2 aromatic heterocycles. The minimum Gasteiger partial charge on any atom is -0.387 e. The average molecular weight is 509 g/mol. The molecule has 0 spiro atoms. The van der Waals surface area contributed by atoms with Gasteiger partial charge in [-0.15, -0.1) is 0 Å². The summed E-state index contributed by atoms with van der Waals surface area (Å²) < 4.78 is 50.5. The summed E-state index contributed by atoms with van der Waals surface area (Å²) in [5.41, 5.74) is 0.281. The molecule has 2 aliphatic heterocycles. The molecule has 2 saturated heterocycles. The van der Waals surface area contributed by atoms with Crippen LogP contribution >= 0.6 is 19.2 Å². The van der Waals surface area contributed by atoms with Crippen molar-refractivity contribution in [2.45, 2.75) is 36.9 Å². The fraction of sp³-hybridized carbons (Fsp3) is 0.556. The molecule has 0 saturated carbocycles. The molecule has 180 valence electrons. The van der Waals surface area contributed by atoms with E-state index in [4.69, 9.17) is 30.9 Å². The van der Waals surface area contributed by atoms with Gasteiger partial charge in [0.2, 0.25) is 0 Å². The zero-order valence-corrected chi connectivity index (χ0v) is 18.5. The van der Waals surface area contributed by atoms with Crippen molar-refractivity contribution >= 4 is 35.9 Å². The van der Waals surface area contributed by atoms with Gasteiger partial charge in [-0.25, -0.2) is 13.8 Å². The fourth-order valence-electron chi connectivity index (χ4n) is 4.05. The summed E-state index contributed by atoms with van der Waals surface area (Å²) in [7, 11) is -4.43. The van der Waals surface area contributed by atoms with E-state index in [1.165, 1.54) is 21.7 Å². The molecule has 15 heteroatoms. The van der Waals surface area contributed by atoms with E-state index in [0.29, 0.717) is 5.39 Å². The number of nitriles is 1. The van der Waals surface area contributed by atoms with Gasteiger partial charge in [-0.1, -0.05) is 11.6 Å². The van der Waals surface area contributed by atoms with Gasteiger partial charge in [-0.2, -0.15) is 5.26 Å². The Morgan fingerprint density at radius 1 is 1.30 bits per heavy atom. The third kappa shape index (κ3) is 4.58. The first-order valence-corrected chi connectivity index (χ1v) is 12.0. The van der Waals surface area contributed by atoms with Gasteiger partial charge in [0.15, 0.2) is 23.7 Å². The van der Waals surface area contributed by atoms with Crippen LogP contribution in [0.1, 0.15) is 11.8 Å². The molecule has 0 aromatic carbocycles. The van der Waals surface area contributed by atoms with Crippen molar-refractivity contribution in [2.24, 2.45) is 0 Å². The molecular formula is C18H20ClF2N4O7P. The van der Waals surface area contributed by atoms with E-state index in [0.717, 1.165) is 0 Å². The largest absolute Gasteiger partial charge is 0.387 e. The smallest absolute Gasteiger partial charge is 0.350 e. The van der Waals surface area contributed by atoms with Crippen molar-refractivity contribution in [3.63, 3.8) is 0 Å².